The Morgan fingerprint density at radius 2 is 2.00 bits per heavy atom. The highest BCUT2D eigenvalue weighted by atomic mass is 35.5. The van der Waals surface area contributed by atoms with Gasteiger partial charge in [-0.05, 0) is 29.4 Å². The van der Waals surface area contributed by atoms with Gasteiger partial charge in [-0.1, -0.05) is 45.4 Å². The first-order valence-corrected chi connectivity index (χ1v) is 4.86. The maximum atomic E-state index is 6.03. The van der Waals surface area contributed by atoms with Crippen molar-refractivity contribution in [1.82, 2.24) is 0 Å². The molecule has 0 amide bonds. The van der Waals surface area contributed by atoms with Crippen LogP contribution in [-0.4, -0.2) is 0 Å². The molecule has 1 heteroatoms. The zero-order valence-corrected chi connectivity index (χ0v) is 9.07. The molecule has 0 aromatic rings. The van der Waals surface area contributed by atoms with Gasteiger partial charge in [0.05, 0.1) is 0 Å². The smallest absolute Gasteiger partial charge is 0.0189 e. The van der Waals surface area contributed by atoms with E-state index in [1.165, 1.54) is 5.57 Å². The molecular formula is C11H17Cl. The maximum Gasteiger partial charge on any atom is 0.0189 e. The molecule has 0 radical (unpaired) electrons. The summed E-state index contributed by atoms with van der Waals surface area (Å²) in [5.41, 5.74) is 1.60. The third-order valence-corrected chi connectivity index (χ3v) is 2.42. The van der Waals surface area contributed by atoms with Crippen molar-refractivity contribution in [1.29, 1.82) is 0 Å². The van der Waals surface area contributed by atoms with Gasteiger partial charge in [-0.25, -0.2) is 0 Å². The van der Waals surface area contributed by atoms with E-state index in [0.29, 0.717) is 5.92 Å². The van der Waals surface area contributed by atoms with Crippen LogP contribution in [0.1, 0.15) is 34.1 Å². The molecule has 0 aromatic carbocycles. The molecule has 1 atom stereocenters. The molecule has 68 valence electrons. The average Bonchev–Trinajstić information content (AvgIpc) is 1.82. The Bertz CT molecular complexity index is 228. The van der Waals surface area contributed by atoms with Gasteiger partial charge in [0.1, 0.15) is 0 Å². The Hall–Kier alpha value is -0.230. The lowest BCUT2D eigenvalue weighted by Gasteiger charge is -2.25. The first-order chi connectivity index (χ1) is 5.39. The second-order valence-electron chi connectivity index (χ2n) is 4.64. The van der Waals surface area contributed by atoms with Gasteiger partial charge >= 0.3 is 0 Å². The summed E-state index contributed by atoms with van der Waals surface area (Å²) in [7, 11) is 0. The van der Waals surface area contributed by atoms with Crippen LogP contribution in [0.15, 0.2) is 22.8 Å². The fourth-order valence-corrected chi connectivity index (χ4v) is 1.78. The fourth-order valence-electron chi connectivity index (χ4n) is 1.42. The van der Waals surface area contributed by atoms with Gasteiger partial charge in [0.25, 0.3) is 0 Å². The van der Waals surface area contributed by atoms with E-state index in [0.717, 1.165) is 11.5 Å². The van der Waals surface area contributed by atoms with Gasteiger partial charge < -0.3 is 0 Å². The molecule has 0 nitrogen and oxygen atoms in total. The van der Waals surface area contributed by atoms with Crippen LogP contribution < -0.4 is 0 Å². The van der Waals surface area contributed by atoms with Crippen LogP contribution in [0.2, 0.25) is 0 Å². The highest BCUT2D eigenvalue weighted by Crippen LogP contribution is 2.34. The lowest BCUT2D eigenvalue weighted by Crippen LogP contribution is -2.12. The summed E-state index contributed by atoms with van der Waals surface area (Å²) in [6.07, 6.45) is 5.44. The van der Waals surface area contributed by atoms with Crippen LogP contribution in [0.4, 0.5) is 0 Å². The van der Waals surface area contributed by atoms with Crippen molar-refractivity contribution in [2.75, 3.05) is 0 Å². The minimum Gasteiger partial charge on any atom is -0.0891 e. The van der Waals surface area contributed by atoms with Gasteiger partial charge in [-0.2, -0.15) is 0 Å². The van der Waals surface area contributed by atoms with Crippen LogP contribution in [-0.2, 0) is 0 Å². The average molecular weight is 185 g/mol. The summed E-state index contributed by atoms with van der Waals surface area (Å²) in [5, 5.41) is 0.995. The molecule has 0 saturated carbocycles. The molecular weight excluding hydrogens is 168 g/mol. The van der Waals surface area contributed by atoms with E-state index in [9.17, 15) is 0 Å². The molecule has 0 N–H and O–H groups in total. The highest BCUT2D eigenvalue weighted by Gasteiger charge is 2.19. The van der Waals surface area contributed by atoms with Crippen molar-refractivity contribution >= 4 is 11.6 Å². The second-order valence-corrected chi connectivity index (χ2v) is 5.13. The Kier molecular flexibility index (Phi) is 2.67. The van der Waals surface area contributed by atoms with Crippen molar-refractivity contribution in [3.63, 3.8) is 0 Å². The van der Waals surface area contributed by atoms with Gasteiger partial charge in [0.2, 0.25) is 0 Å². The fraction of sp³-hybridized carbons (Fsp3) is 0.636. The maximum absolute atomic E-state index is 6.03. The van der Waals surface area contributed by atoms with Crippen molar-refractivity contribution in [3.8, 4) is 0 Å². The quantitative estimate of drug-likeness (QED) is 0.531. The summed E-state index contributed by atoms with van der Waals surface area (Å²) in [6, 6.07) is 0. The summed E-state index contributed by atoms with van der Waals surface area (Å²) < 4.78 is 0. The highest BCUT2D eigenvalue weighted by molar-refractivity contribution is 6.29. The molecule has 0 spiro atoms. The molecule has 0 saturated heterocycles. The summed E-state index contributed by atoms with van der Waals surface area (Å²) in [5.74, 6) is 0.594. The molecule has 0 aromatic heterocycles. The molecule has 1 aliphatic rings. The first kappa shape index (κ1) is 9.85. The van der Waals surface area contributed by atoms with Crippen LogP contribution >= 0.6 is 11.6 Å². The molecule has 0 heterocycles. The van der Waals surface area contributed by atoms with E-state index in [2.05, 4.69) is 39.8 Å². The monoisotopic (exact) mass is 184 g/mol. The normalized spacial score (nSPS) is 24.9. The van der Waals surface area contributed by atoms with Gasteiger partial charge in [0.15, 0.2) is 0 Å². The lowest BCUT2D eigenvalue weighted by molar-refractivity contribution is 0.503. The van der Waals surface area contributed by atoms with Crippen molar-refractivity contribution in [3.05, 3.63) is 22.8 Å². The van der Waals surface area contributed by atoms with E-state index in [-0.39, 0.29) is 5.41 Å². The third kappa shape index (κ3) is 2.38. The van der Waals surface area contributed by atoms with Gasteiger partial charge in [-0.3, -0.25) is 0 Å². The number of halogens is 1. The van der Waals surface area contributed by atoms with E-state index in [4.69, 9.17) is 11.6 Å². The summed E-state index contributed by atoms with van der Waals surface area (Å²) in [4.78, 5) is 0. The van der Waals surface area contributed by atoms with E-state index < -0.39 is 0 Å². The standard InChI is InChI=1S/C11H17Cl/c1-8-5-9(11(2,3)4)7-10(12)6-8/h5,7-8H,6H2,1-4H3. The van der Waals surface area contributed by atoms with E-state index >= 15 is 0 Å². The summed E-state index contributed by atoms with van der Waals surface area (Å²) in [6.45, 7) is 8.87. The number of rotatable bonds is 0. The third-order valence-electron chi connectivity index (χ3n) is 2.16. The minimum absolute atomic E-state index is 0.231. The van der Waals surface area contributed by atoms with Crippen LogP contribution in [0.3, 0.4) is 0 Å². The predicted molar refractivity (Wildman–Crippen MR) is 55.3 cm³/mol. The zero-order valence-electron chi connectivity index (χ0n) is 8.32. The van der Waals surface area contributed by atoms with Crippen molar-refractivity contribution in [2.45, 2.75) is 34.1 Å². The number of allylic oxidation sites excluding steroid dienone is 4. The molecule has 0 fully saturated rings. The Morgan fingerprint density at radius 3 is 2.42 bits per heavy atom. The molecule has 0 bridgehead atoms. The number of hydrogen-bond acceptors (Lipinski definition) is 0. The molecule has 0 aliphatic heterocycles. The Balaban J connectivity index is 2.91. The largest absolute Gasteiger partial charge is 0.0891 e. The lowest BCUT2D eigenvalue weighted by atomic mass is 9.81. The first-order valence-electron chi connectivity index (χ1n) is 4.48. The van der Waals surface area contributed by atoms with Crippen LogP contribution in [0.25, 0.3) is 0 Å². The topological polar surface area (TPSA) is 0 Å². The summed E-state index contributed by atoms with van der Waals surface area (Å²) >= 11 is 6.03. The van der Waals surface area contributed by atoms with E-state index in [1.54, 1.807) is 0 Å². The van der Waals surface area contributed by atoms with Crippen molar-refractivity contribution < 1.29 is 0 Å². The Morgan fingerprint density at radius 1 is 1.42 bits per heavy atom. The molecule has 1 aliphatic carbocycles. The van der Waals surface area contributed by atoms with Crippen molar-refractivity contribution in [2.24, 2.45) is 11.3 Å². The molecule has 1 unspecified atom stereocenters. The van der Waals surface area contributed by atoms with Gasteiger partial charge in [-0.15, -0.1) is 0 Å². The molecule has 12 heavy (non-hydrogen) atoms. The van der Waals surface area contributed by atoms with Crippen LogP contribution in [0.5, 0.6) is 0 Å². The van der Waals surface area contributed by atoms with Gasteiger partial charge in [0, 0.05) is 5.03 Å². The molecule has 1 rings (SSSR count). The minimum atomic E-state index is 0.231. The SMILES string of the molecule is CC1C=C(C(C)(C)C)C=C(Cl)C1. The second kappa shape index (κ2) is 3.26. The number of hydrogen-bond donors (Lipinski definition) is 0. The van der Waals surface area contributed by atoms with E-state index in [1.807, 2.05) is 0 Å². The predicted octanol–water partition coefficient (Wildman–Crippen LogP) is 4.12. The van der Waals surface area contributed by atoms with Crippen LogP contribution in [0, 0.1) is 11.3 Å². The Labute approximate surface area is 80.3 Å². The zero-order chi connectivity index (χ0) is 9.35.